The minimum atomic E-state index is -2.47. The molecular weight excluding hydrogens is 209 g/mol. The van der Waals surface area contributed by atoms with Crippen LogP contribution in [0.15, 0.2) is 48.6 Å². The topological polar surface area (TPSA) is 43.1 Å². The first-order valence-corrected chi connectivity index (χ1v) is 4.89. The van der Waals surface area contributed by atoms with Crippen molar-refractivity contribution in [2.45, 2.75) is 12.2 Å². The lowest BCUT2D eigenvalue weighted by Gasteiger charge is -2.18. The van der Waals surface area contributed by atoms with E-state index in [9.17, 15) is 14.5 Å². The van der Waals surface area contributed by atoms with E-state index in [4.69, 9.17) is 0 Å². The van der Waals surface area contributed by atoms with Gasteiger partial charge in [0.25, 0.3) is 0 Å². The molecule has 3 nitrogen and oxygen atoms in total. The van der Waals surface area contributed by atoms with E-state index in [2.05, 4.69) is 0 Å². The van der Waals surface area contributed by atoms with E-state index in [1.165, 1.54) is 6.08 Å². The lowest BCUT2D eigenvalue weighted by molar-refractivity contribution is -0.588. The highest BCUT2D eigenvalue weighted by Gasteiger charge is 2.42. The van der Waals surface area contributed by atoms with Crippen LogP contribution in [0.5, 0.6) is 0 Å². The second-order valence-electron chi connectivity index (χ2n) is 3.67. The van der Waals surface area contributed by atoms with Gasteiger partial charge in [0.1, 0.15) is 0 Å². The molecule has 1 unspecified atom stereocenters. The van der Waals surface area contributed by atoms with Crippen LogP contribution in [0.1, 0.15) is 12.0 Å². The van der Waals surface area contributed by atoms with Crippen molar-refractivity contribution in [3.05, 3.63) is 64.2 Å². The second kappa shape index (κ2) is 3.89. The molecule has 0 saturated heterocycles. The summed E-state index contributed by atoms with van der Waals surface area (Å²) in [4.78, 5) is 9.72. The summed E-state index contributed by atoms with van der Waals surface area (Å²) >= 11 is 0. The van der Waals surface area contributed by atoms with Gasteiger partial charge in [0.15, 0.2) is 0 Å². The van der Waals surface area contributed by atoms with E-state index >= 15 is 0 Å². The molecule has 1 aromatic carbocycles. The van der Waals surface area contributed by atoms with Gasteiger partial charge in [0, 0.05) is 6.08 Å². The summed E-state index contributed by atoms with van der Waals surface area (Å²) in [6.07, 6.45) is 3.87. The number of rotatable bonds is 2. The van der Waals surface area contributed by atoms with E-state index < -0.39 is 10.7 Å². The van der Waals surface area contributed by atoms with Crippen LogP contribution < -0.4 is 0 Å². The van der Waals surface area contributed by atoms with Gasteiger partial charge in [-0.25, -0.2) is 0 Å². The van der Waals surface area contributed by atoms with Crippen LogP contribution in [0.4, 0.5) is 4.39 Å². The Bertz CT molecular complexity index is 467. The summed E-state index contributed by atoms with van der Waals surface area (Å²) in [7, 11) is 0. The zero-order chi connectivity index (χ0) is 11.6. The maximum Gasteiger partial charge on any atom is 0.382 e. The molecule has 1 aliphatic rings. The number of hydrogen-bond acceptors (Lipinski definition) is 2. The van der Waals surface area contributed by atoms with Gasteiger partial charge in [-0.1, -0.05) is 42.5 Å². The highest BCUT2D eigenvalue weighted by Crippen LogP contribution is 2.32. The number of allylic oxidation sites excluding steroid dienone is 2. The van der Waals surface area contributed by atoms with Crippen molar-refractivity contribution in [2.75, 3.05) is 0 Å². The van der Waals surface area contributed by atoms with Gasteiger partial charge in [-0.2, -0.15) is 4.39 Å². The maximum absolute atomic E-state index is 13.8. The van der Waals surface area contributed by atoms with Crippen LogP contribution in [0.3, 0.4) is 0 Å². The Morgan fingerprint density at radius 3 is 2.62 bits per heavy atom. The molecule has 1 aliphatic carbocycles. The van der Waals surface area contributed by atoms with Crippen molar-refractivity contribution in [3.8, 4) is 0 Å². The lowest BCUT2D eigenvalue weighted by Crippen LogP contribution is -2.32. The fourth-order valence-electron chi connectivity index (χ4n) is 1.67. The number of benzene rings is 1. The SMILES string of the molecule is O=[N+]([O-])C1(F)C=CC=C(c2ccccc2)C1. The van der Waals surface area contributed by atoms with Gasteiger partial charge in [-0.3, -0.25) is 10.1 Å². The highest BCUT2D eigenvalue weighted by molar-refractivity contribution is 5.69. The average Bonchev–Trinajstić information content (AvgIpc) is 2.30. The third kappa shape index (κ3) is 1.86. The molecule has 0 heterocycles. The van der Waals surface area contributed by atoms with E-state index in [-0.39, 0.29) is 6.42 Å². The molecule has 0 fully saturated rings. The molecule has 0 spiro atoms. The van der Waals surface area contributed by atoms with Gasteiger partial charge < -0.3 is 0 Å². The molecule has 0 radical (unpaired) electrons. The summed E-state index contributed by atoms with van der Waals surface area (Å²) < 4.78 is 13.8. The Kier molecular flexibility index (Phi) is 2.56. The summed E-state index contributed by atoms with van der Waals surface area (Å²) in [5.74, 6) is -2.47. The van der Waals surface area contributed by atoms with Crippen LogP contribution >= 0.6 is 0 Å². The summed E-state index contributed by atoms with van der Waals surface area (Å²) in [5.41, 5.74) is 1.46. The summed E-state index contributed by atoms with van der Waals surface area (Å²) in [6.45, 7) is 0. The number of hydrogen-bond donors (Lipinski definition) is 0. The number of alkyl halides is 1. The molecule has 0 aromatic heterocycles. The Hall–Kier alpha value is -1.97. The van der Waals surface area contributed by atoms with Crippen LogP contribution in [-0.2, 0) is 0 Å². The van der Waals surface area contributed by atoms with Crippen molar-refractivity contribution in [3.63, 3.8) is 0 Å². The van der Waals surface area contributed by atoms with Crippen molar-refractivity contribution >= 4 is 5.57 Å². The van der Waals surface area contributed by atoms with Crippen molar-refractivity contribution in [1.82, 2.24) is 0 Å². The molecule has 0 N–H and O–H groups in total. The molecule has 4 heteroatoms. The Balaban J connectivity index is 2.31. The van der Waals surface area contributed by atoms with Crippen LogP contribution in [-0.4, -0.2) is 10.7 Å². The van der Waals surface area contributed by atoms with Crippen molar-refractivity contribution in [2.24, 2.45) is 0 Å². The molecule has 2 rings (SSSR count). The fourth-order valence-corrected chi connectivity index (χ4v) is 1.67. The van der Waals surface area contributed by atoms with E-state index in [1.54, 1.807) is 6.08 Å². The summed E-state index contributed by atoms with van der Waals surface area (Å²) in [5, 5.41) is 10.6. The number of halogens is 1. The number of nitrogens with zero attached hydrogens (tertiary/aromatic N) is 1. The third-order valence-corrected chi connectivity index (χ3v) is 2.54. The Morgan fingerprint density at radius 1 is 1.31 bits per heavy atom. The monoisotopic (exact) mass is 219 g/mol. The average molecular weight is 219 g/mol. The van der Waals surface area contributed by atoms with E-state index in [0.29, 0.717) is 5.57 Å². The Morgan fingerprint density at radius 2 is 2.00 bits per heavy atom. The number of nitro groups is 1. The van der Waals surface area contributed by atoms with Gasteiger partial charge >= 0.3 is 5.79 Å². The molecule has 16 heavy (non-hydrogen) atoms. The smallest absolute Gasteiger partial charge is 0.261 e. The largest absolute Gasteiger partial charge is 0.382 e. The molecular formula is C12H10FNO2. The van der Waals surface area contributed by atoms with E-state index in [1.807, 2.05) is 30.3 Å². The highest BCUT2D eigenvalue weighted by atomic mass is 19.1. The first kappa shape index (κ1) is 10.5. The van der Waals surface area contributed by atoms with Gasteiger partial charge in [0.05, 0.1) is 11.3 Å². The zero-order valence-electron chi connectivity index (χ0n) is 8.47. The first-order valence-electron chi connectivity index (χ1n) is 4.89. The first-order chi connectivity index (χ1) is 7.62. The molecule has 0 saturated carbocycles. The normalized spacial score (nSPS) is 23.9. The zero-order valence-corrected chi connectivity index (χ0v) is 8.47. The van der Waals surface area contributed by atoms with E-state index in [0.717, 1.165) is 11.6 Å². The molecule has 1 aromatic rings. The fraction of sp³-hybridized carbons (Fsp3) is 0.167. The quantitative estimate of drug-likeness (QED) is 0.436. The summed E-state index contributed by atoms with van der Waals surface area (Å²) in [6, 6.07) is 9.11. The molecule has 82 valence electrons. The molecule has 0 bridgehead atoms. The lowest BCUT2D eigenvalue weighted by atomic mass is 9.93. The Labute approximate surface area is 92.1 Å². The van der Waals surface area contributed by atoms with Gasteiger partial charge in [-0.05, 0) is 11.1 Å². The molecule has 0 amide bonds. The van der Waals surface area contributed by atoms with Crippen molar-refractivity contribution < 1.29 is 9.31 Å². The molecule has 0 aliphatic heterocycles. The minimum absolute atomic E-state index is 0.222. The molecule has 1 atom stereocenters. The van der Waals surface area contributed by atoms with Gasteiger partial charge in [-0.15, -0.1) is 0 Å². The third-order valence-electron chi connectivity index (χ3n) is 2.54. The van der Waals surface area contributed by atoms with Crippen LogP contribution in [0.2, 0.25) is 0 Å². The van der Waals surface area contributed by atoms with Crippen molar-refractivity contribution in [1.29, 1.82) is 0 Å². The minimum Gasteiger partial charge on any atom is -0.261 e. The predicted octanol–water partition coefficient (Wildman–Crippen LogP) is 2.97. The second-order valence-corrected chi connectivity index (χ2v) is 3.67. The van der Waals surface area contributed by atoms with Gasteiger partial charge in [0.2, 0.25) is 0 Å². The van der Waals surface area contributed by atoms with Crippen LogP contribution in [0.25, 0.3) is 5.57 Å². The predicted molar refractivity (Wildman–Crippen MR) is 59.0 cm³/mol. The maximum atomic E-state index is 13.8. The van der Waals surface area contributed by atoms with Crippen LogP contribution in [0, 0.1) is 10.1 Å². The standard InChI is InChI=1S/C12H10FNO2/c13-12(14(15)16)8-4-7-11(9-12)10-5-2-1-3-6-10/h1-8H,9H2.